The molecule has 21 heavy (non-hydrogen) atoms. The van der Waals surface area contributed by atoms with Crippen molar-refractivity contribution in [3.8, 4) is 0 Å². The molecule has 1 aromatic rings. The highest BCUT2D eigenvalue weighted by Crippen LogP contribution is 2.61. The van der Waals surface area contributed by atoms with E-state index in [9.17, 15) is 0 Å². The predicted octanol–water partition coefficient (Wildman–Crippen LogP) is 5.43. The topological polar surface area (TPSA) is 12.0 Å². The van der Waals surface area contributed by atoms with E-state index in [1.54, 1.807) is 0 Å². The zero-order valence-corrected chi connectivity index (χ0v) is 14.1. The molecule has 4 bridgehead atoms. The fraction of sp³-hybridized carbons (Fsp3) is 0.684. The SMILES string of the molecule is CSc1ccc(NC(C)C23CC4CC(CC(C4)C2)C3)cc1. The lowest BCUT2D eigenvalue weighted by Gasteiger charge is -2.59. The highest BCUT2D eigenvalue weighted by molar-refractivity contribution is 7.98. The average Bonchev–Trinajstić information content (AvgIpc) is 2.46. The van der Waals surface area contributed by atoms with Gasteiger partial charge in [0.05, 0.1) is 0 Å². The summed E-state index contributed by atoms with van der Waals surface area (Å²) in [5, 5.41) is 3.84. The van der Waals surface area contributed by atoms with Gasteiger partial charge in [0.1, 0.15) is 0 Å². The first-order chi connectivity index (χ1) is 10.2. The maximum Gasteiger partial charge on any atom is 0.0343 e. The predicted molar refractivity (Wildman–Crippen MR) is 91.9 cm³/mol. The second kappa shape index (κ2) is 5.22. The van der Waals surface area contributed by atoms with Gasteiger partial charge in [-0.25, -0.2) is 0 Å². The zero-order chi connectivity index (χ0) is 14.4. The molecule has 1 aromatic carbocycles. The molecule has 0 saturated heterocycles. The van der Waals surface area contributed by atoms with Gasteiger partial charge in [-0.2, -0.15) is 0 Å². The first kappa shape index (κ1) is 14.0. The van der Waals surface area contributed by atoms with E-state index < -0.39 is 0 Å². The number of anilines is 1. The molecule has 4 aliphatic carbocycles. The van der Waals surface area contributed by atoms with Gasteiger partial charge in [-0.1, -0.05) is 0 Å². The van der Waals surface area contributed by atoms with E-state index in [1.807, 2.05) is 11.8 Å². The van der Waals surface area contributed by atoms with E-state index in [4.69, 9.17) is 0 Å². The van der Waals surface area contributed by atoms with Crippen LogP contribution >= 0.6 is 11.8 Å². The summed E-state index contributed by atoms with van der Waals surface area (Å²) < 4.78 is 0. The van der Waals surface area contributed by atoms with Crippen LogP contribution < -0.4 is 5.32 Å². The third-order valence-corrected chi connectivity index (χ3v) is 7.22. The van der Waals surface area contributed by atoms with Gasteiger partial charge in [-0.3, -0.25) is 0 Å². The molecule has 0 aromatic heterocycles. The molecule has 0 spiro atoms. The summed E-state index contributed by atoms with van der Waals surface area (Å²) >= 11 is 1.82. The summed E-state index contributed by atoms with van der Waals surface area (Å²) in [4.78, 5) is 1.35. The quantitative estimate of drug-likeness (QED) is 0.745. The fourth-order valence-corrected chi connectivity index (χ4v) is 6.21. The Kier molecular flexibility index (Phi) is 3.48. The smallest absolute Gasteiger partial charge is 0.0343 e. The molecule has 1 nitrogen and oxygen atoms in total. The number of hydrogen-bond donors (Lipinski definition) is 1. The Morgan fingerprint density at radius 3 is 2.00 bits per heavy atom. The maximum atomic E-state index is 3.84. The molecular weight excluding hydrogens is 274 g/mol. The van der Waals surface area contributed by atoms with Crippen LogP contribution in [0.15, 0.2) is 29.2 Å². The molecule has 114 valence electrons. The highest BCUT2D eigenvalue weighted by Gasteiger charge is 2.53. The van der Waals surface area contributed by atoms with Crippen molar-refractivity contribution >= 4 is 17.4 Å². The molecule has 1 N–H and O–H groups in total. The fourth-order valence-electron chi connectivity index (χ4n) is 5.80. The summed E-state index contributed by atoms with van der Waals surface area (Å²) in [5.41, 5.74) is 1.89. The van der Waals surface area contributed by atoms with E-state index in [0.29, 0.717) is 11.5 Å². The van der Waals surface area contributed by atoms with Gasteiger partial charge in [0.15, 0.2) is 0 Å². The van der Waals surface area contributed by atoms with Crippen LogP contribution in [0.4, 0.5) is 5.69 Å². The Bertz CT molecular complexity index is 472. The second-order valence-corrected chi connectivity index (χ2v) is 8.75. The Morgan fingerprint density at radius 2 is 1.52 bits per heavy atom. The summed E-state index contributed by atoms with van der Waals surface area (Å²) in [6.45, 7) is 2.44. The van der Waals surface area contributed by atoms with Crippen molar-refractivity contribution in [3.05, 3.63) is 24.3 Å². The monoisotopic (exact) mass is 301 g/mol. The molecule has 5 rings (SSSR count). The Balaban J connectivity index is 1.50. The molecular formula is C19H27NS. The van der Waals surface area contributed by atoms with E-state index in [2.05, 4.69) is 42.8 Å². The van der Waals surface area contributed by atoms with Crippen LogP contribution in [-0.4, -0.2) is 12.3 Å². The molecule has 2 heteroatoms. The number of nitrogens with one attached hydrogen (secondary N) is 1. The number of benzene rings is 1. The van der Waals surface area contributed by atoms with E-state index in [-0.39, 0.29) is 0 Å². The van der Waals surface area contributed by atoms with E-state index >= 15 is 0 Å². The summed E-state index contributed by atoms with van der Waals surface area (Å²) in [5.74, 6) is 3.12. The lowest BCUT2D eigenvalue weighted by atomic mass is 9.48. The Hall–Kier alpha value is -0.630. The van der Waals surface area contributed by atoms with Crippen LogP contribution in [0.5, 0.6) is 0 Å². The van der Waals surface area contributed by atoms with Gasteiger partial charge in [-0.15, -0.1) is 11.8 Å². The standard InChI is InChI=1S/C19H27NS/c1-13(20-17-3-5-18(21-2)6-4-17)19-10-14-7-15(11-19)9-16(8-14)12-19/h3-6,13-16,20H,7-12H2,1-2H3. The Labute approximate surface area is 133 Å². The van der Waals surface area contributed by atoms with Gasteiger partial charge >= 0.3 is 0 Å². The van der Waals surface area contributed by atoms with Crippen molar-refractivity contribution in [1.82, 2.24) is 0 Å². The maximum absolute atomic E-state index is 3.84. The molecule has 4 aliphatic rings. The number of thioether (sulfide) groups is 1. The molecule has 0 heterocycles. The molecule has 0 radical (unpaired) electrons. The average molecular weight is 301 g/mol. The minimum Gasteiger partial charge on any atom is -0.382 e. The highest BCUT2D eigenvalue weighted by atomic mass is 32.2. The molecule has 1 atom stereocenters. The van der Waals surface area contributed by atoms with Crippen LogP contribution in [0.25, 0.3) is 0 Å². The van der Waals surface area contributed by atoms with Crippen molar-refractivity contribution < 1.29 is 0 Å². The van der Waals surface area contributed by atoms with Crippen LogP contribution in [-0.2, 0) is 0 Å². The van der Waals surface area contributed by atoms with Crippen molar-refractivity contribution in [1.29, 1.82) is 0 Å². The minimum atomic E-state index is 0.590. The Morgan fingerprint density at radius 1 is 1.00 bits per heavy atom. The number of rotatable bonds is 4. The lowest BCUT2D eigenvalue weighted by molar-refractivity contribution is -0.0602. The third-order valence-electron chi connectivity index (χ3n) is 6.48. The van der Waals surface area contributed by atoms with Crippen LogP contribution in [0.3, 0.4) is 0 Å². The summed E-state index contributed by atoms with van der Waals surface area (Å²) in [7, 11) is 0. The van der Waals surface area contributed by atoms with Crippen molar-refractivity contribution in [2.45, 2.75) is 56.4 Å². The van der Waals surface area contributed by atoms with E-state index in [0.717, 1.165) is 17.8 Å². The molecule has 4 saturated carbocycles. The second-order valence-electron chi connectivity index (χ2n) is 7.87. The lowest BCUT2D eigenvalue weighted by Crippen LogP contribution is -2.52. The van der Waals surface area contributed by atoms with Gasteiger partial charge in [0.25, 0.3) is 0 Å². The van der Waals surface area contributed by atoms with Crippen molar-refractivity contribution in [3.63, 3.8) is 0 Å². The van der Waals surface area contributed by atoms with Gasteiger partial charge in [-0.05, 0) is 99.1 Å². The van der Waals surface area contributed by atoms with Gasteiger partial charge in [0, 0.05) is 16.6 Å². The zero-order valence-electron chi connectivity index (χ0n) is 13.3. The first-order valence-electron chi connectivity index (χ1n) is 8.57. The molecule has 1 unspecified atom stereocenters. The largest absolute Gasteiger partial charge is 0.382 e. The number of hydrogen-bond acceptors (Lipinski definition) is 2. The van der Waals surface area contributed by atoms with Crippen LogP contribution in [0.2, 0.25) is 0 Å². The molecule has 4 fully saturated rings. The van der Waals surface area contributed by atoms with E-state index in [1.165, 1.54) is 49.1 Å². The first-order valence-corrected chi connectivity index (χ1v) is 9.80. The normalized spacial score (nSPS) is 38.5. The van der Waals surface area contributed by atoms with Crippen molar-refractivity contribution in [2.75, 3.05) is 11.6 Å². The summed E-state index contributed by atoms with van der Waals surface area (Å²) in [6, 6.07) is 9.59. The van der Waals surface area contributed by atoms with Gasteiger partial charge < -0.3 is 5.32 Å². The van der Waals surface area contributed by atoms with Gasteiger partial charge in [0.2, 0.25) is 0 Å². The summed E-state index contributed by atoms with van der Waals surface area (Å²) in [6.07, 6.45) is 11.2. The third kappa shape index (κ3) is 2.50. The molecule has 0 amide bonds. The van der Waals surface area contributed by atoms with Crippen LogP contribution in [0, 0.1) is 23.2 Å². The molecule has 0 aliphatic heterocycles. The minimum absolute atomic E-state index is 0.590. The van der Waals surface area contributed by atoms with Crippen LogP contribution in [0.1, 0.15) is 45.4 Å². The van der Waals surface area contributed by atoms with Crippen molar-refractivity contribution in [2.24, 2.45) is 23.2 Å².